The van der Waals surface area contributed by atoms with E-state index < -0.39 is 0 Å². The van der Waals surface area contributed by atoms with Gasteiger partial charge in [0.1, 0.15) is 11.6 Å². The van der Waals surface area contributed by atoms with Crippen LogP contribution in [-0.4, -0.2) is 53.0 Å². The van der Waals surface area contributed by atoms with Crippen molar-refractivity contribution in [3.8, 4) is 0 Å². The van der Waals surface area contributed by atoms with Gasteiger partial charge >= 0.3 is 0 Å². The molecule has 2 N–H and O–H groups in total. The minimum Gasteiger partial charge on any atom is -0.356 e. The molecule has 6 nitrogen and oxygen atoms in total. The molecule has 1 aliphatic rings. The van der Waals surface area contributed by atoms with E-state index in [4.69, 9.17) is 10.7 Å². The lowest BCUT2D eigenvalue weighted by atomic mass is 10.0. The molecule has 1 aliphatic heterocycles. The molecule has 156 valence electrons. The lowest BCUT2D eigenvalue weighted by Crippen LogP contribution is -2.49. The highest BCUT2D eigenvalue weighted by Gasteiger charge is 2.29. The maximum absolute atomic E-state index is 12.5. The van der Waals surface area contributed by atoms with E-state index in [9.17, 15) is 4.79 Å². The second-order valence-corrected chi connectivity index (χ2v) is 7.36. The Balaban J connectivity index is 0.00000338. The van der Waals surface area contributed by atoms with Crippen molar-refractivity contribution >= 4 is 36.5 Å². The number of rotatable bonds is 6. The Bertz CT molecular complexity index is 591. The number of halogens is 2. The largest absolute Gasteiger partial charge is 0.356 e. The van der Waals surface area contributed by atoms with Crippen LogP contribution in [0.3, 0.4) is 0 Å². The topological polar surface area (TPSA) is 75.3 Å². The first-order chi connectivity index (χ1) is 11.9. The summed E-state index contributed by atoms with van der Waals surface area (Å²) in [6.45, 7) is 13.2. The SMILES string of the molecule is CCN(C(=O)C(C)CN)C1CCN(c2cc(C)nc(C(C)C)n2)CC1.Cl.Cl. The van der Waals surface area contributed by atoms with E-state index in [-0.39, 0.29) is 36.6 Å². The highest BCUT2D eigenvalue weighted by atomic mass is 35.5. The van der Waals surface area contributed by atoms with Crippen LogP contribution in [0.2, 0.25) is 0 Å². The molecule has 1 atom stereocenters. The smallest absolute Gasteiger partial charge is 0.226 e. The van der Waals surface area contributed by atoms with Crippen molar-refractivity contribution in [3.05, 3.63) is 17.6 Å². The van der Waals surface area contributed by atoms with E-state index in [0.717, 1.165) is 49.8 Å². The third-order valence-electron chi connectivity index (χ3n) is 5.00. The minimum atomic E-state index is -0.101. The number of piperidine rings is 1. The Morgan fingerprint density at radius 2 is 1.85 bits per heavy atom. The summed E-state index contributed by atoms with van der Waals surface area (Å²) in [4.78, 5) is 26.1. The van der Waals surface area contributed by atoms with Gasteiger partial charge in [0.2, 0.25) is 5.91 Å². The Morgan fingerprint density at radius 3 is 2.33 bits per heavy atom. The molecule has 2 rings (SSSR count). The van der Waals surface area contributed by atoms with Crippen LogP contribution in [-0.2, 0) is 4.79 Å². The van der Waals surface area contributed by atoms with Crippen LogP contribution in [0.4, 0.5) is 5.82 Å². The van der Waals surface area contributed by atoms with Gasteiger partial charge in [-0.3, -0.25) is 4.79 Å². The van der Waals surface area contributed by atoms with E-state index in [1.54, 1.807) is 0 Å². The molecule has 1 fully saturated rings. The van der Waals surface area contributed by atoms with Crippen LogP contribution >= 0.6 is 24.8 Å². The van der Waals surface area contributed by atoms with Crippen molar-refractivity contribution in [1.82, 2.24) is 14.9 Å². The molecule has 2 heterocycles. The molecule has 0 bridgehead atoms. The van der Waals surface area contributed by atoms with Gasteiger partial charge in [-0.05, 0) is 26.7 Å². The van der Waals surface area contributed by atoms with Crippen molar-refractivity contribution in [3.63, 3.8) is 0 Å². The number of anilines is 1. The molecule has 1 aromatic heterocycles. The molecule has 1 amide bonds. The predicted molar refractivity (Wildman–Crippen MR) is 116 cm³/mol. The molecule has 1 saturated heterocycles. The summed E-state index contributed by atoms with van der Waals surface area (Å²) >= 11 is 0. The van der Waals surface area contributed by atoms with Crippen molar-refractivity contribution in [2.45, 2.75) is 59.4 Å². The predicted octanol–water partition coefficient (Wildman–Crippen LogP) is 3.16. The first kappa shape index (κ1) is 25.9. The third-order valence-corrected chi connectivity index (χ3v) is 5.00. The number of hydrogen-bond acceptors (Lipinski definition) is 5. The Labute approximate surface area is 176 Å². The highest BCUT2D eigenvalue weighted by molar-refractivity contribution is 5.85. The van der Waals surface area contributed by atoms with Crippen LogP contribution in [0.25, 0.3) is 0 Å². The van der Waals surface area contributed by atoms with E-state index in [1.807, 2.05) is 18.7 Å². The normalized spacial score (nSPS) is 15.7. The van der Waals surface area contributed by atoms with Gasteiger partial charge in [-0.25, -0.2) is 9.97 Å². The molecular weight excluding hydrogens is 385 g/mol. The van der Waals surface area contributed by atoms with Crippen LogP contribution < -0.4 is 10.6 Å². The molecule has 1 aromatic rings. The van der Waals surface area contributed by atoms with Crippen molar-refractivity contribution < 1.29 is 4.79 Å². The van der Waals surface area contributed by atoms with E-state index >= 15 is 0 Å². The summed E-state index contributed by atoms with van der Waals surface area (Å²) in [5.41, 5.74) is 6.69. The summed E-state index contributed by atoms with van der Waals surface area (Å²) in [6, 6.07) is 2.36. The van der Waals surface area contributed by atoms with Crippen LogP contribution in [0.1, 0.15) is 58.0 Å². The Hall–Kier alpha value is -1.11. The zero-order chi connectivity index (χ0) is 18.6. The van der Waals surface area contributed by atoms with Gasteiger partial charge < -0.3 is 15.5 Å². The van der Waals surface area contributed by atoms with E-state index in [2.05, 4.69) is 36.7 Å². The lowest BCUT2D eigenvalue weighted by molar-refractivity contribution is -0.137. The second-order valence-electron chi connectivity index (χ2n) is 7.36. The zero-order valence-electron chi connectivity index (χ0n) is 17.1. The monoisotopic (exact) mass is 419 g/mol. The number of aryl methyl sites for hydroxylation is 1. The number of carbonyl (C=O) groups excluding carboxylic acids is 1. The molecule has 1 unspecified atom stereocenters. The quantitative estimate of drug-likeness (QED) is 0.765. The van der Waals surface area contributed by atoms with Gasteiger partial charge in [-0.1, -0.05) is 20.8 Å². The average Bonchev–Trinajstić information content (AvgIpc) is 2.61. The first-order valence-electron chi connectivity index (χ1n) is 9.48. The van der Waals surface area contributed by atoms with Gasteiger partial charge in [0.15, 0.2) is 0 Å². The summed E-state index contributed by atoms with van der Waals surface area (Å²) in [5, 5.41) is 0. The lowest BCUT2D eigenvalue weighted by Gasteiger charge is -2.39. The molecule has 0 saturated carbocycles. The molecule has 8 heteroatoms. The van der Waals surface area contributed by atoms with Crippen molar-refractivity contribution in [2.75, 3.05) is 31.1 Å². The van der Waals surface area contributed by atoms with Crippen molar-refractivity contribution in [1.29, 1.82) is 0 Å². The first-order valence-corrected chi connectivity index (χ1v) is 9.48. The average molecular weight is 420 g/mol. The van der Waals surface area contributed by atoms with Gasteiger partial charge in [0, 0.05) is 55.8 Å². The second kappa shape index (κ2) is 11.7. The Morgan fingerprint density at radius 1 is 1.26 bits per heavy atom. The number of aromatic nitrogens is 2. The minimum absolute atomic E-state index is 0. The third kappa shape index (κ3) is 6.47. The maximum Gasteiger partial charge on any atom is 0.226 e. The molecule has 27 heavy (non-hydrogen) atoms. The molecular formula is C19H35Cl2N5O. The summed E-state index contributed by atoms with van der Waals surface area (Å²) in [5.74, 6) is 2.32. The number of carbonyl (C=O) groups is 1. The zero-order valence-corrected chi connectivity index (χ0v) is 18.8. The van der Waals surface area contributed by atoms with Crippen LogP contribution in [0.15, 0.2) is 6.07 Å². The summed E-state index contributed by atoms with van der Waals surface area (Å²) in [7, 11) is 0. The van der Waals surface area contributed by atoms with Gasteiger partial charge in [0.25, 0.3) is 0 Å². The fraction of sp³-hybridized carbons (Fsp3) is 0.737. The summed E-state index contributed by atoms with van der Waals surface area (Å²) in [6.07, 6.45) is 1.94. The molecule has 0 aliphatic carbocycles. The summed E-state index contributed by atoms with van der Waals surface area (Å²) < 4.78 is 0. The molecule has 0 radical (unpaired) electrons. The number of nitrogens with two attached hydrogens (primary N) is 1. The van der Waals surface area contributed by atoms with Gasteiger partial charge in [-0.2, -0.15) is 0 Å². The van der Waals surface area contributed by atoms with Crippen molar-refractivity contribution in [2.24, 2.45) is 11.7 Å². The van der Waals surface area contributed by atoms with E-state index in [0.29, 0.717) is 18.5 Å². The number of amides is 1. The highest BCUT2D eigenvalue weighted by Crippen LogP contribution is 2.24. The van der Waals surface area contributed by atoms with Crippen LogP contribution in [0, 0.1) is 12.8 Å². The maximum atomic E-state index is 12.5. The van der Waals surface area contributed by atoms with Gasteiger partial charge in [0.05, 0.1) is 0 Å². The fourth-order valence-corrected chi connectivity index (χ4v) is 3.38. The molecule has 0 spiro atoms. The van der Waals surface area contributed by atoms with Crippen LogP contribution in [0.5, 0.6) is 0 Å². The molecule has 0 aromatic carbocycles. The van der Waals surface area contributed by atoms with E-state index in [1.165, 1.54) is 0 Å². The van der Waals surface area contributed by atoms with Gasteiger partial charge in [-0.15, -0.1) is 24.8 Å². The fourth-order valence-electron chi connectivity index (χ4n) is 3.38. The number of hydrogen-bond donors (Lipinski definition) is 1. The standard InChI is InChI=1S/C19H33N5O.2ClH/c1-6-24(19(25)14(4)12-20)16-7-9-23(10-8-16)17-11-15(5)21-18(22-17)13(2)3;;/h11,13-14,16H,6-10,12,20H2,1-5H3;2*1H. The number of nitrogens with zero attached hydrogens (tertiary/aromatic N) is 4. The Kier molecular flexibility index (Phi) is 11.2.